The maximum atomic E-state index is 4.42. The summed E-state index contributed by atoms with van der Waals surface area (Å²) in [5.74, 6) is 2.81. The first-order valence-electron chi connectivity index (χ1n) is 6.81. The van der Waals surface area contributed by atoms with Crippen molar-refractivity contribution in [1.82, 2.24) is 14.9 Å². The molecule has 1 N–H and O–H groups in total. The van der Waals surface area contributed by atoms with E-state index in [9.17, 15) is 0 Å². The van der Waals surface area contributed by atoms with E-state index in [1.165, 1.54) is 19.3 Å². The molecule has 2 rings (SSSR count). The molecule has 0 aromatic carbocycles. The third kappa shape index (κ3) is 2.89. The number of hydrogen-bond acceptors (Lipinski definition) is 2. The number of aryl methyl sites for hydroxylation is 1. The average molecular weight is 235 g/mol. The Balaban J connectivity index is 1.95. The topological polar surface area (TPSA) is 29.9 Å². The van der Waals surface area contributed by atoms with Crippen LogP contribution in [0.1, 0.15) is 51.9 Å². The Labute approximate surface area is 105 Å². The Morgan fingerprint density at radius 3 is 2.76 bits per heavy atom. The van der Waals surface area contributed by atoms with Crippen molar-refractivity contribution in [3.05, 3.63) is 18.2 Å². The Morgan fingerprint density at radius 2 is 2.18 bits per heavy atom. The van der Waals surface area contributed by atoms with Crippen LogP contribution < -0.4 is 5.32 Å². The second kappa shape index (κ2) is 5.21. The molecule has 1 fully saturated rings. The van der Waals surface area contributed by atoms with E-state index in [-0.39, 0.29) is 0 Å². The smallest absolute Gasteiger partial charge is 0.125 e. The molecule has 3 heteroatoms. The summed E-state index contributed by atoms with van der Waals surface area (Å²) in [7, 11) is 2.06. The normalized spacial score (nSPS) is 31.4. The van der Waals surface area contributed by atoms with E-state index < -0.39 is 0 Å². The van der Waals surface area contributed by atoms with Gasteiger partial charge in [0.2, 0.25) is 0 Å². The van der Waals surface area contributed by atoms with E-state index in [1.807, 2.05) is 12.4 Å². The molecule has 0 spiro atoms. The summed E-state index contributed by atoms with van der Waals surface area (Å²) in [5.41, 5.74) is 0. The Bertz CT molecular complexity index is 358. The first-order valence-corrected chi connectivity index (χ1v) is 6.81. The van der Waals surface area contributed by atoms with Gasteiger partial charge in [-0.2, -0.15) is 0 Å². The quantitative estimate of drug-likeness (QED) is 0.873. The highest BCUT2D eigenvalue weighted by Gasteiger charge is 2.27. The van der Waals surface area contributed by atoms with Gasteiger partial charge in [-0.15, -0.1) is 0 Å². The Morgan fingerprint density at radius 1 is 1.41 bits per heavy atom. The van der Waals surface area contributed by atoms with Crippen molar-refractivity contribution in [3.8, 4) is 0 Å². The molecule has 1 saturated carbocycles. The molecular weight excluding hydrogens is 210 g/mol. The Kier molecular flexibility index (Phi) is 3.87. The molecule has 1 aromatic heterocycles. The molecular formula is C14H25N3. The summed E-state index contributed by atoms with van der Waals surface area (Å²) in [4.78, 5) is 4.42. The van der Waals surface area contributed by atoms with E-state index >= 15 is 0 Å². The molecule has 17 heavy (non-hydrogen) atoms. The largest absolute Gasteiger partial charge is 0.337 e. The van der Waals surface area contributed by atoms with Crippen molar-refractivity contribution in [3.63, 3.8) is 0 Å². The summed E-state index contributed by atoms with van der Waals surface area (Å²) < 4.78 is 2.10. The summed E-state index contributed by atoms with van der Waals surface area (Å²) in [6, 6.07) is 0.994. The molecule has 96 valence electrons. The number of imidazole rings is 1. The molecule has 3 nitrogen and oxygen atoms in total. The van der Waals surface area contributed by atoms with E-state index in [0.29, 0.717) is 12.1 Å². The zero-order valence-electron chi connectivity index (χ0n) is 11.5. The van der Waals surface area contributed by atoms with Gasteiger partial charge in [0.1, 0.15) is 5.82 Å². The second-order valence-electron chi connectivity index (χ2n) is 5.79. The summed E-state index contributed by atoms with van der Waals surface area (Å²) in [5, 5.41) is 3.75. The molecule has 4 unspecified atom stereocenters. The number of rotatable bonds is 3. The van der Waals surface area contributed by atoms with Gasteiger partial charge in [0, 0.05) is 25.5 Å². The standard InChI is InChI=1S/C14H25N3/c1-10-5-6-13(11(2)9-10)16-12(3)14-15-7-8-17(14)4/h7-8,10-13,16H,5-6,9H2,1-4H3. The van der Waals surface area contributed by atoms with Crippen LogP contribution in [0.3, 0.4) is 0 Å². The fourth-order valence-electron chi connectivity index (χ4n) is 3.10. The second-order valence-corrected chi connectivity index (χ2v) is 5.79. The van der Waals surface area contributed by atoms with Crippen LogP contribution in [0.25, 0.3) is 0 Å². The van der Waals surface area contributed by atoms with Crippen LogP contribution in [-0.2, 0) is 7.05 Å². The zero-order valence-corrected chi connectivity index (χ0v) is 11.5. The number of aromatic nitrogens is 2. The van der Waals surface area contributed by atoms with Crippen molar-refractivity contribution < 1.29 is 0 Å². The Hall–Kier alpha value is -0.830. The first-order chi connectivity index (χ1) is 8.08. The van der Waals surface area contributed by atoms with Crippen LogP contribution in [0.2, 0.25) is 0 Å². The van der Waals surface area contributed by atoms with Crippen molar-refractivity contribution in [2.45, 2.75) is 52.1 Å². The minimum Gasteiger partial charge on any atom is -0.337 e. The predicted molar refractivity (Wildman–Crippen MR) is 70.7 cm³/mol. The van der Waals surface area contributed by atoms with Gasteiger partial charge >= 0.3 is 0 Å². The number of hydrogen-bond donors (Lipinski definition) is 1. The predicted octanol–water partition coefficient (Wildman–Crippen LogP) is 2.90. The van der Waals surface area contributed by atoms with Crippen molar-refractivity contribution in [1.29, 1.82) is 0 Å². The van der Waals surface area contributed by atoms with E-state index in [1.54, 1.807) is 0 Å². The molecule has 1 aliphatic carbocycles. The molecule has 0 saturated heterocycles. The average Bonchev–Trinajstić information content (AvgIpc) is 2.68. The van der Waals surface area contributed by atoms with Gasteiger partial charge in [-0.1, -0.05) is 13.8 Å². The van der Waals surface area contributed by atoms with Crippen LogP contribution in [0, 0.1) is 11.8 Å². The van der Waals surface area contributed by atoms with E-state index in [4.69, 9.17) is 0 Å². The maximum absolute atomic E-state index is 4.42. The highest BCUT2D eigenvalue weighted by atomic mass is 15.1. The van der Waals surface area contributed by atoms with Gasteiger partial charge in [0.15, 0.2) is 0 Å². The number of nitrogens with zero attached hydrogens (tertiary/aromatic N) is 2. The fourth-order valence-corrected chi connectivity index (χ4v) is 3.10. The van der Waals surface area contributed by atoms with Crippen molar-refractivity contribution >= 4 is 0 Å². The van der Waals surface area contributed by atoms with Crippen molar-refractivity contribution in [2.24, 2.45) is 18.9 Å². The zero-order chi connectivity index (χ0) is 12.4. The highest BCUT2D eigenvalue weighted by Crippen LogP contribution is 2.29. The van der Waals surface area contributed by atoms with Gasteiger partial charge in [0.25, 0.3) is 0 Å². The molecule has 0 radical (unpaired) electrons. The van der Waals surface area contributed by atoms with Gasteiger partial charge in [0.05, 0.1) is 6.04 Å². The van der Waals surface area contributed by atoms with Gasteiger partial charge in [-0.25, -0.2) is 4.98 Å². The minimum absolute atomic E-state index is 0.343. The third-order valence-electron chi connectivity index (χ3n) is 4.14. The lowest BCUT2D eigenvalue weighted by Gasteiger charge is -2.35. The minimum atomic E-state index is 0.343. The summed E-state index contributed by atoms with van der Waals surface area (Å²) in [6.07, 6.45) is 7.90. The lowest BCUT2D eigenvalue weighted by atomic mass is 9.79. The van der Waals surface area contributed by atoms with Crippen LogP contribution in [-0.4, -0.2) is 15.6 Å². The summed E-state index contributed by atoms with van der Waals surface area (Å²) >= 11 is 0. The maximum Gasteiger partial charge on any atom is 0.125 e. The third-order valence-corrected chi connectivity index (χ3v) is 4.14. The molecule has 1 heterocycles. The molecule has 0 aliphatic heterocycles. The SMILES string of the molecule is CC1CCC(NC(C)c2nccn2C)C(C)C1. The van der Waals surface area contributed by atoms with Crippen LogP contribution in [0.5, 0.6) is 0 Å². The van der Waals surface area contributed by atoms with Crippen LogP contribution >= 0.6 is 0 Å². The lowest BCUT2D eigenvalue weighted by Crippen LogP contribution is -2.40. The fraction of sp³-hybridized carbons (Fsp3) is 0.786. The van der Waals surface area contributed by atoms with Gasteiger partial charge < -0.3 is 9.88 Å². The van der Waals surface area contributed by atoms with Crippen LogP contribution in [0.4, 0.5) is 0 Å². The van der Waals surface area contributed by atoms with E-state index in [2.05, 4.69) is 42.7 Å². The van der Waals surface area contributed by atoms with Gasteiger partial charge in [-0.3, -0.25) is 0 Å². The van der Waals surface area contributed by atoms with Gasteiger partial charge in [-0.05, 0) is 38.0 Å². The van der Waals surface area contributed by atoms with Crippen molar-refractivity contribution in [2.75, 3.05) is 0 Å². The molecule has 1 aromatic rings. The molecule has 0 bridgehead atoms. The summed E-state index contributed by atoms with van der Waals surface area (Å²) in [6.45, 7) is 6.96. The van der Waals surface area contributed by atoms with E-state index in [0.717, 1.165) is 17.7 Å². The molecule has 1 aliphatic rings. The number of nitrogens with one attached hydrogen (secondary N) is 1. The lowest BCUT2D eigenvalue weighted by molar-refractivity contribution is 0.214. The monoisotopic (exact) mass is 235 g/mol. The molecule has 0 amide bonds. The first kappa shape index (κ1) is 12.6. The molecule has 4 atom stereocenters. The highest BCUT2D eigenvalue weighted by molar-refractivity contribution is 4.98. The van der Waals surface area contributed by atoms with Crippen LogP contribution in [0.15, 0.2) is 12.4 Å².